The van der Waals surface area contributed by atoms with Gasteiger partial charge in [0.05, 0.1) is 35.9 Å². The third-order valence-corrected chi connectivity index (χ3v) is 7.75. The van der Waals surface area contributed by atoms with Gasteiger partial charge in [0.25, 0.3) is 11.8 Å². The second-order valence-electron chi connectivity index (χ2n) is 12.2. The van der Waals surface area contributed by atoms with Gasteiger partial charge in [0.2, 0.25) is 17.7 Å². The minimum atomic E-state index is -2.96. The molecular formula is C32H44F2N8O5. The number of pyridine rings is 1. The molecule has 2 heterocycles. The number of carbonyl (C=O) groups is 5. The fourth-order valence-electron chi connectivity index (χ4n) is 5.20. The molecule has 0 radical (unpaired) electrons. The molecule has 3 rings (SSSR count). The van der Waals surface area contributed by atoms with Gasteiger partial charge in [-0.3, -0.25) is 33.9 Å². The number of Topliss-reactive ketones (excluding diaryl/α,β-unsaturated/α-hetero) is 1. The summed E-state index contributed by atoms with van der Waals surface area (Å²) < 4.78 is 27.4. The number of nitrogens with zero attached hydrogens (tertiary/aromatic N) is 4. The molecule has 4 amide bonds. The molecule has 0 bridgehead atoms. The van der Waals surface area contributed by atoms with Crippen LogP contribution in [0.25, 0.3) is 10.9 Å². The van der Waals surface area contributed by atoms with E-state index in [4.69, 9.17) is 5.73 Å². The van der Waals surface area contributed by atoms with E-state index in [9.17, 15) is 32.8 Å². The molecule has 1 fully saturated rings. The molecule has 0 saturated carbocycles. The number of fused-ring (bicyclic) bond motifs is 1. The molecule has 256 valence electrons. The predicted octanol–water partition coefficient (Wildman–Crippen LogP) is 2.31. The lowest BCUT2D eigenvalue weighted by molar-refractivity contribution is -0.132. The molecule has 0 aliphatic carbocycles. The van der Waals surface area contributed by atoms with Gasteiger partial charge in [0.1, 0.15) is 0 Å². The maximum Gasteiger partial charge on any atom is 0.267 e. The number of guanidine groups is 1. The number of carbonyl (C=O) groups excluding carboxylic acids is 5. The van der Waals surface area contributed by atoms with Crippen molar-refractivity contribution in [1.29, 1.82) is 0 Å². The Morgan fingerprint density at radius 2 is 1.83 bits per heavy atom. The standard InChI is InChI=1S/C32H44F2N8O5/c1-19(2)29(46)24(10-7-14-37-31(35)41(4)5)40-26(44)12-11-25(43)39-23-9-6-8-21-22(13-15-36-28(21)23)30(47)38-17-27(45)42-18-32(33,34)16-20(42)3/h6,8-9,13,15,19-20,24H,7,10-12,14,16-18H2,1-5H3,(H2,35,37)(H,38,47)(H,39,43)(H,40,44)/t20-,24+/m1/s1. The number of ketones is 1. The minimum Gasteiger partial charge on any atom is -0.370 e. The second-order valence-corrected chi connectivity index (χ2v) is 12.2. The van der Waals surface area contributed by atoms with Crippen LogP contribution in [-0.4, -0.2) is 102 Å². The lowest BCUT2D eigenvalue weighted by Gasteiger charge is -2.21. The zero-order valence-electron chi connectivity index (χ0n) is 27.4. The number of para-hydroxylation sites is 1. The van der Waals surface area contributed by atoms with Gasteiger partial charge in [-0.1, -0.05) is 26.0 Å². The number of aliphatic imine (C=N–C) groups is 1. The molecule has 1 aliphatic rings. The largest absolute Gasteiger partial charge is 0.370 e. The van der Waals surface area contributed by atoms with E-state index in [1.165, 1.54) is 19.2 Å². The predicted molar refractivity (Wildman–Crippen MR) is 174 cm³/mol. The molecule has 1 aromatic heterocycles. The van der Waals surface area contributed by atoms with E-state index in [1.54, 1.807) is 51.0 Å². The number of likely N-dealkylation sites (tertiary alicyclic amines) is 1. The zero-order valence-corrected chi connectivity index (χ0v) is 27.4. The number of nitrogens with one attached hydrogen (secondary N) is 3. The van der Waals surface area contributed by atoms with Crippen molar-refractivity contribution in [2.45, 2.75) is 70.9 Å². The van der Waals surface area contributed by atoms with E-state index >= 15 is 0 Å². The number of benzene rings is 1. The van der Waals surface area contributed by atoms with Crippen molar-refractivity contribution in [3.63, 3.8) is 0 Å². The van der Waals surface area contributed by atoms with Crippen LogP contribution in [0.4, 0.5) is 14.5 Å². The average molecular weight is 659 g/mol. The van der Waals surface area contributed by atoms with Crippen LogP contribution in [0.1, 0.15) is 63.2 Å². The van der Waals surface area contributed by atoms with Gasteiger partial charge in [-0.2, -0.15) is 0 Å². The van der Waals surface area contributed by atoms with Crippen LogP contribution >= 0.6 is 0 Å². The fourth-order valence-corrected chi connectivity index (χ4v) is 5.20. The molecule has 1 aliphatic heterocycles. The molecule has 13 nitrogen and oxygen atoms in total. The Morgan fingerprint density at radius 1 is 1.13 bits per heavy atom. The quantitative estimate of drug-likeness (QED) is 0.136. The maximum absolute atomic E-state index is 13.7. The summed E-state index contributed by atoms with van der Waals surface area (Å²) in [4.78, 5) is 75.0. The number of hydrogen-bond acceptors (Lipinski definition) is 7. The molecule has 1 saturated heterocycles. The SMILES string of the molecule is CC(C)C(=O)[C@H](CCCN=C(N)N(C)C)NC(=O)CCC(=O)Nc1cccc2c(C(=O)NCC(=O)N3CC(F)(F)C[C@H]3C)ccnc12. The van der Waals surface area contributed by atoms with Crippen molar-refractivity contribution < 1.29 is 32.8 Å². The van der Waals surface area contributed by atoms with Crippen LogP contribution in [0.15, 0.2) is 35.5 Å². The highest BCUT2D eigenvalue weighted by atomic mass is 19.3. The fraction of sp³-hybridized carbons (Fsp3) is 0.531. The summed E-state index contributed by atoms with van der Waals surface area (Å²) in [5.74, 6) is -5.17. The van der Waals surface area contributed by atoms with E-state index in [0.717, 1.165) is 4.90 Å². The van der Waals surface area contributed by atoms with Crippen molar-refractivity contribution in [2.75, 3.05) is 39.0 Å². The molecule has 47 heavy (non-hydrogen) atoms. The Hall–Kier alpha value is -4.69. The number of rotatable bonds is 14. The van der Waals surface area contributed by atoms with E-state index in [2.05, 4.69) is 25.9 Å². The third kappa shape index (κ3) is 10.4. The van der Waals surface area contributed by atoms with Crippen molar-refractivity contribution in [3.8, 4) is 0 Å². The van der Waals surface area contributed by atoms with Crippen LogP contribution in [-0.2, 0) is 19.2 Å². The summed E-state index contributed by atoms with van der Waals surface area (Å²) in [6, 6.07) is 4.91. The molecule has 5 N–H and O–H groups in total. The molecule has 2 aromatic rings. The van der Waals surface area contributed by atoms with Crippen LogP contribution < -0.4 is 21.7 Å². The van der Waals surface area contributed by atoms with Crippen molar-refractivity contribution >= 4 is 52.0 Å². The van der Waals surface area contributed by atoms with Crippen LogP contribution in [0.3, 0.4) is 0 Å². The first-order chi connectivity index (χ1) is 22.1. The number of nitrogens with two attached hydrogens (primary N) is 1. The summed E-state index contributed by atoms with van der Waals surface area (Å²) in [6.07, 6.45) is 1.50. The lowest BCUT2D eigenvalue weighted by Crippen LogP contribution is -2.43. The molecule has 1 aromatic carbocycles. The van der Waals surface area contributed by atoms with Crippen LogP contribution in [0.2, 0.25) is 0 Å². The summed E-state index contributed by atoms with van der Waals surface area (Å²) in [7, 11) is 3.54. The molecule has 15 heteroatoms. The Balaban J connectivity index is 1.58. The number of hydrogen-bond donors (Lipinski definition) is 4. The third-order valence-electron chi connectivity index (χ3n) is 7.75. The lowest BCUT2D eigenvalue weighted by atomic mass is 9.97. The summed E-state index contributed by atoms with van der Waals surface area (Å²) in [5.41, 5.74) is 6.58. The minimum absolute atomic E-state index is 0.120. The Morgan fingerprint density at radius 3 is 2.47 bits per heavy atom. The van der Waals surface area contributed by atoms with Gasteiger partial charge in [-0.25, -0.2) is 8.78 Å². The second kappa shape index (κ2) is 16.2. The maximum atomic E-state index is 13.7. The van der Waals surface area contributed by atoms with Gasteiger partial charge >= 0.3 is 0 Å². The summed E-state index contributed by atoms with van der Waals surface area (Å²) in [6.45, 7) is 4.29. The highest BCUT2D eigenvalue weighted by molar-refractivity contribution is 6.10. The highest BCUT2D eigenvalue weighted by Crippen LogP contribution is 2.31. The molecule has 2 atom stereocenters. The number of halogens is 2. The topological polar surface area (TPSA) is 179 Å². The Kier molecular flexibility index (Phi) is 12.7. The van der Waals surface area contributed by atoms with Crippen LogP contribution in [0, 0.1) is 5.92 Å². The molecule has 0 unspecified atom stereocenters. The first kappa shape index (κ1) is 36.8. The Labute approximate surface area is 272 Å². The normalized spacial score (nSPS) is 16.6. The first-order valence-electron chi connectivity index (χ1n) is 15.5. The monoisotopic (exact) mass is 658 g/mol. The number of alkyl halides is 2. The number of aromatic nitrogens is 1. The van der Waals surface area contributed by atoms with E-state index in [0.29, 0.717) is 41.9 Å². The van der Waals surface area contributed by atoms with Gasteiger partial charge in [-0.05, 0) is 31.9 Å². The summed E-state index contributed by atoms with van der Waals surface area (Å²) >= 11 is 0. The van der Waals surface area contributed by atoms with Gasteiger partial charge in [-0.15, -0.1) is 0 Å². The van der Waals surface area contributed by atoms with Gasteiger partial charge in [0, 0.05) is 63.4 Å². The van der Waals surface area contributed by atoms with Crippen molar-refractivity contribution in [2.24, 2.45) is 16.6 Å². The highest BCUT2D eigenvalue weighted by Gasteiger charge is 2.44. The zero-order chi connectivity index (χ0) is 34.9. The summed E-state index contributed by atoms with van der Waals surface area (Å²) in [5, 5.41) is 8.34. The van der Waals surface area contributed by atoms with E-state index < -0.39 is 61.1 Å². The number of anilines is 1. The van der Waals surface area contributed by atoms with Crippen molar-refractivity contribution in [3.05, 3.63) is 36.0 Å². The van der Waals surface area contributed by atoms with Gasteiger partial charge in [0.15, 0.2) is 11.7 Å². The van der Waals surface area contributed by atoms with Gasteiger partial charge < -0.3 is 31.5 Å². The smallest absolute Gasteiger partial charge is 0.267 e. The van der Waals surface area contributed by atoms with E-state index in [1.807, 2.05) is 0 Å². The molecule has 0 spiro atoms. The Bertz CT molecular complexity index is 1510. The van der Waals surface area contributed by atoms with Crippen molar-refractivity contribution in [1.82, 2.24) is 25.4 Å². The van der Waals surface area contributed by atoms with Crippen LogP contribution in [0.5, 0.6) is 0 Å². The molecular weight excluding hydrogens is 614 g/mol. The number of amides is 4. The average Bonchev–Trinajstić information content (AvgIpc) is 3.30. The van der Waals surface area contributed by atoms with E-state index in [-0.39, 0.29) is 30.1 Å². The first-order valence-corrected chi connectivity index (χ1v) is 15.5.